The van der Waals surface area contributed by atoms with Gasteiger partial charge in [-0.25, -0.2) is 0 Å². The lowest BCUT2D eigenvalue weighted by Gasteiger charge is -2.24. The highest BCUT2D eigenvalue weighted by Crippen LogP contribution is 2.31. The van der Waals surface area contributed by atoms with Crippen LogP contribution in [0.5, 0.6) is 0 Å². The number of benzene rings is 3. The van der Waals surface area contributed by atoms with Crippen molar-refractivity contribution in [2.24, 2.45) is 10.2 Å². The molecule has 0 amide bonds. The molecule has 1 aliphatic rings. The molecule has 0 fully saturated rings. The summed E-state index contributed by atoms with van der Waals surface area (Å²) in [5.41, 5.74) is 3.08. The minimum absolute atomic E-state index is 0.361. The van der Waals surface area contributed by atoms with E-state index in [4.69, 9.17) is 9.47 Å². The quantitative estimate of drug-likeness (QED) is 0.336. The Morgan fingerprint density at radius 1 is 0.829 bits per heavy atom. The van der Waals surface area contributed by atoms with Crippen LogP contribution in [0.1, 0.15) is 27.8 Å². The van der Waals surface area contributed by atoms with Crippen molar-refractivity contribution >= 4 is 6.08 Å². The molecule has 0 aromatic heterocycles. The molecular weight excluding hydrogens is 453 g/mol. The minimum Gasteiger partial charge on any atom is -0.365 e. The van der Waals surface area contributed by atoms with Crippen molar-refractivity contribution in [1.82, 2.24) is 0 Å². The van der Waals surface area contributed by atoms with Gasteiger partial charge in [0.15, 0.2) is 6.23 Å². The maximum absolute atomic E-state index is 12.9. The molecule has 7 heteroatoms. The molecule has 3 aromatic carbocycles. The summed E-state index contributed by atoms with van der Waals surface area (Å²) in [5.74, 6) is 0. The number of rotatable bonds is 8. The monoisotopic (exact) mass is 478 g/mol. The summed E-state index contributed by atoms with van der Waals surface area (Å²) in [5, 5.41) is 8.55. The van der Waals surface area contributed by atoms with E-state index in [1.807, 2.05) is 66.7 Å². The van der Waals surface area contributed by atoms with E-state index in [9.17, 15) is 13.2 Å². The van der Waals surface area contributed by atoms with E-state index in [1.54, 1.807) is 19.1 Å². The molecule has 1 aliphatic heterocycles. The van der Waals surface area contributed by atoms with Crippen molar-refractivity contribution < 1.29 is 22.6 Å². The first-order valence-electron chi connectivity index (χ1n) is 11.2. The number of allylic oxidation sites excluding steroid dienone is 1. The van der Waals surface area contributed by atoms with Gasteiger partial charge in [0.2, 0.25) is 0 Å². The van der Waals surface area contributed by atoms with Crippen LogP contribution in [0.4, 0.5) is 13.2 Å². The summed E-state index contributed by atoms with van der Waals surface area (Å²) >= 11 is 0. The fourth-order valence-corrected chi connectivity index (χ4v) is 3.56. The van der Waals surface area contributed by atoms with Crippen molar-refractivity contribution in [3.63, 3.8) is 0 Å². The van der Waals surface area contributed by atoms with Crippen LogP contribution in [0.3, 0.4) is 0 Å². The average molecular weight is 479 g/mol. The second-order valence-electron chi connectivity index (χ2n) is 8.16. The second-order valence-corrected chi connectivity index (χ2v) is 8.16. The number of hydrogen-bond donors (Lipinski definition) is 0. The molecule has 0 saturated heterocycles. The van der Waals surface area contributed by atoms with Crippen LogP contribution >= 0.6 is 0 Å². The maximum atomic E-state index is 12.9. The molecule has 0 spiro atoms. The van der Waals surface area contributed by atoms with E-state index in [1.165, 1.54) is 6.07 Å². The van der Waals surface area contributed by atoms with Gasteiger partial charge in [-0.05, 0) is 53.5 Å². The molecule has 0 N–H and O–H groups in total. The summed E-state index contributed by atoms with van der Waals surface area (Å²) in [6.45, 7) is 2.38. The largest absolute Gasteiger partial charge is 0.416 e. The number of ether oxygens (including phenoxy) is 2. The molecule has 35 heavy (non-hydrogen) atoms. The molecular formula is C28H25F3N2O2. The van der Waals surface area contributed by atoms with E-state index in [0.29, 0.717) is 30.0 Å². The Morgan fingerprint density at radius 2 is 1.46 bits per heavy atom. The van der Waals surface area contributed by atoms with Crippen molar-refractivity contribution in [2.75, 3.05) is 0 Å². The fraction of sp³-hybridized carbons (Fsp3) is 0.214. The summed E-state index contributed by atoms with van der Waals surface area (Å²) in [7, 11) is 0. The molecule has 0 bridgehead atoms. The second kappa shape index (κ2) is 11.3. The van der Waals surface area contributed by atoms with Gasteiger partial charge < -0.3 is 9.47 Å². The number of nitrogens with zero attached hydrogens (tertiary/aromatic N) is 2. The van der Waals surface area contributed by atoms with Crippen molar-refractivity contribution in [1.29, 1.82) is 0 Å². The summed E-state index contributed by atoms with van der Waals surface area (Å²) < 4.78 is 50.9. The molecule has 0 saturated carbocycles. The molecule has 4 nitrogen and oxygen atoms in total. The van der Waals surface area contributed by atoms with Crippen LogP contribution < -0.4 is 0 Å². The third-order valence-corrected chi connectivity index (χ3v) is 5.48. The zero-order valence-electron chi connectivity index (χ0n) is 19.2. The van der Waals surface area contributed by atoms with Gasteiger partial charge >= 0.3 is 6.18 Å². The predicted molar refractivity (Wildman–Crippen MR) is 128 cm³/mol. The van der Waals surface area contributed by atoms with E-state index in [2.05, 4.69) is 10.2 Å². The zero-order chi connectivity index (χ0) is 24.7. The highest BCUT2D eigenvalue weighted by atomic mass is 19.4. The third-order valence-electron chi connectivity index (χ3n) is 5.48. The number of azo groups is 1. The lowest BCUT2D eigenvalue weighted by atomic mass is 10.0. The molecule has 0 aliphatic carbocycles. The molecule has 180 valence electrons. The lowest BCUT2D eigenvalue weighted by Crippen LogP contribution is -2.30. The van der Waals surface area contributed by atoms with Crippen molar-refractivity contribution in [2.45, 2.75) is 38.6 Å². The normalized spacial score (nSPS) is 18.1. The van der Waals surface area contributed by atoms with E-state index >= 15 is 0 Å². The Bertz CT molecular complexity index is 1210. The Morgan fingerprint density at radius 3 is 2.06 bits per heavy atom. The van der Waals surface area contributed by atoms with Gasteiger partial charge in [0.1, 0.15) is 6.10 Å². The molecule has 1 heterocycles. The van der Waals surface area contributed by atoms with Crippen LogP contribution in [0.2, 0.25) is 0 Å². The Labute approximate surface area is 202 Å². The van der Waals surface area contributed by atoms with Gasteiger partial charge in [0.25, 0.3) is 0 Å². The Kier molecular flexibility index (Phi) is 7.90. The van der Waals surface area contributed by atoms with Crippen LogP contribution in [0, 0.1) is 6.92 Å². The summed E-state index contributed by atoms with van der Waals surface area (Å²) in [6.07, 6.45) is -0.216. The van der Waals surface area contributed by atoms with Crippen LogP contribution in [0.25, 0.3) is 6.08 Å². The smallest absolute Gasteiger partial charge is 0.365 e. The van der Waals surface area contributed by atoms with Crippen LogP contribution in [-0.2, 0) is 28.9 Å². The standard InChI is InChI=1S/C28H25F3N2O2/c1-20-16-24(28(29,30)31)14-12-23(20)13-15-25-17-26(34-18-21-8-4-2-5-9-21)27(33-32-25)35-19-22-10-6-3-7-11-22/h2-17,26-27H,18-19H2,1H3/b15-13+. The number of hydrogen-bond acceptors (Lipinski definition) is 4. The fourth-order valence-electron chi connectivity index (χ4n) is 3.56. The van der Waals surface area contributed by atoms with Gasteiger partial charge in [-0.1, -0.05) is 72.8 Å². The van der Waals surface area contributed by atoms with Gasteiger partial charge in [-0.2, -0.15) is 23.4 Å². The molecule has 2 atom stereocenters. The molecule has 2 unspecified atom stereocenters. The Hall–Kier alpha value is -3.55. The average Bonchev–Trinajstić information content (AvgIpc) is 2.86. The lowest BCUT2D eigenvalue weighted by molar-refractivity contribution is -0.137. The third kappa shape index (κ3) is 6.97. The first-order valence-corrected chi connectivity index (χ1v) is 11.2. The number of aryl methyl sites for hydroxylation is 1. The topological polar surface area (TPSA) is 43.2 Å². The maximum Gasteiger partial charge on any atom is 0.416 e. The summed E-state index contributed by atoms with van der Waals surface area (Å²) in [6, 6.07) is 23.2. The summed E-state index contributed by atoms with van der Waals surface area (Å²) in [4.78, 5) is 0. The Balaban J connectivity index is 1.48. The van der Waals surface area contributed by atoms with Gasteiger partial charge in [-0.15, -0.1) is 0 Å². The van der Waals surface area contributed by atoms with E-state index < -0.39 is 24.1 Å². The number of halogens is 3. The minimum atomic E-state index is -4.37. The first kappa shape index (κ1) is 24.6. The van der Waals surface area contributed by atoms with Gasteiger partial charge in [-0.3, -0.25) is 0 Å². The highest BCUT2D eigenvalue weighted by Gasteiger charge is 2.30. The molecule has 3 aromatic rings. The number of alkyl halides is 3. The van der Waals surface area contributed by atoms with Crippen LogP contribution in [-0.4, -0.2) is 12.3 Å². The SMILES string of the molecule is Cc1cc(C(F)(F)F)ccc1/C=C/C1=CC(OCc2ccccc2)C(OCc2ccccc2)N=N1. The molecule has 0 radical (unpaired) electrons. The van der Waals surface area contributed by atoms with Crippen molar-refractivity contribution in [3.05, 3.63) is 125 Å². The van der Waals surface area contributed by atoms with Crippen LogP contribution in [0.15, 0.2) is 107 Å². The van der Waals surface area contributed by atoms with Gasteiger partial charge in [0, 0.05) is 0 Å². The van der Waals surface area contributed by atoms with Gasteiger partial charge in [0.05, 0.1) is 24.5 Å². The van der Waals surface area contributed by atoms with Crippen molar-refractivity contribution in [3.8, 4) is 0 Å². The van der Waals surface area contributed by atoms with E-state index in [-0.39, 0.29) is 0 Å². The zero-order valence-corrected chi connectivity index (χ0v) is 19.2. The first-order chi connectivity index (χ1) is 16.9. The highest BCUT2D eigenvalue weighted by molar-refractivity contribution is 5.57. The predicted octanol–water partition coefficient (Wildman–Crippen LogP) is 7.51. The van der Waals surface area contributed by atoms with E-state index in [0.717, 1.165) is 23.3 Å². The molecule has 4 rings (SSSR count).